The second-order valence-corrected chi connectivity index (χ2v) is 7.41. The molecular weight excluding hydrogens is 428 g/mol. The fourth-order valence-corrected chi connectivity index (χ4v) is 3.16. The largest absolute Gasteiger partial charge is 0.487 e. The average Bonchev–Trinajstić information content (AvgIpc) is 2.84. The van der Waals surface area contributed by atoms with Crippen LogP contribution in [-0.2, 0) is 19.0 Å². The first-order chi connectivity index (χ1) is 16.2. The van der Waals surface area contributed by atoms with Crippen LogP contribution in [-0.4, -0.2) is 64.4 Å². The number of hydrogen-bond donors (Lipinski definition) is 0. The van der Waals surface area contributed by atoms with Crippen molar-refractivity contribution >= 4 is 5.97 Å². The van der Waals surface area contributed by atoms with Crippen LogP contribution in [0, 0.1) is 0 Å². The standard InChI is InChI=1S/C25H32O8/c1-3-25(33-17-24(26)28-4-2)18-31-22-11-7-5-9-20(22)29-15-13-27-14-16-30-21-10-6-8-12-23(21)32-19-25/h5-12H,3-4,13-19H2,1-2H3. The molecule has 0 bridgehead atoms. The van der Waals surface area contributed by atoms with Gasteiger partial charge in [-0.15, -0.1) is 0 Å². The molecule has 33 heavy (non-hydrogen) atoms. The highest BCUT2D eigenvalue weighted by Gasteiger charge is 2.34. The van der Waals surface area contributed by atoms with Crippen LogP contribution in [0.2, 0.25) is 0 Å². The molecule has 0 saturated carbocycles. The molecule has 2 aromatic rings. The summed E-state index contributed by atoms with van der Waals surface area (Å²) in [6, 6.07) is 14.8. The monoisotopic (exact) mass is 460 g/mol. The van der Waals surface area contributed by atoms with Gasteiger partial charge in [0.2, 0.25) is 0 Å². The maximum atomic E-state index is 12.0. The van der Waals surface area contributed by atoms with Gasteiger partial charge in [0, 0.05) is 0 Å². The molecule has 8 heteroatoms. The van der Waals surface area contributed by atoms with Gasteiger partial charge in [-0.3, -0.25) is 0 Å². The number of hydrogen-bond acceptors (Lipinski definition) is 8. The van der Waals surface area contributed by atoms with E-state index in [2.05, 4.69) is 0 Å². The molecule has 0 N–H and O–H groups in total. The summed E-state index contributed by atoms with van der Waals surface area (Å²) in [6.07, 6.45) is 0.534. The third kappa shape index (κ3) is 7.54. The minimum absolute atomic E-state index is 0.142. The third-order valence-electron chi connectivity index (χ3n) is 5.10. The van der Waals surface area contributed by atoms with Gasteiger partial charge in [0.25, 0.3) is 0 Å². The van der Waals surface area contributed by atoms with Gasteiger partial charge in [-0.2, -0.15) is 0 Å². The van der Waals surface area contributed by atoms with Crippen molar-refractivity contribution in [3.8, 4) is 23.0 Å². The lowest BCUT2D eigenvalue weighted by Gasteiger charge is -2.32. The smallest absolute Gasteiger partial charge is 0.332 e. The Morgan fingerprint density at radius 2 is 1.27 bits per heavy atom. The lowest BCUT2D eigenvalue weighted by atomic mass is 10.0. The Bertz CT molecular complexity index is 813. The van der Waals surface area contributed by atoms with Gasteiger partial charge in [-0.05, 0) is 37.6 Å². The molecule has 0 amide bonds. The van der Waals surface area contributed by atoms with Gasteiger partial charge in [0.15, 0.2) is 23.0 Å². The maximum absolute atomic E-state index is 12.0. The fourth-order valence-electron chi connectivity index (χ4n) is 3.16. The van der Waals surface area contributed by atoms with Crippen LogP contribution in [0.1, 0.15) is 20.3 Å². The second-order valence-electron chi connectivity index (χ2n) is 7.41. The predicted octanol–water partition coefficient (Wildman–Crippen LogP) is 3.66. The maximum Gasteiger partial charge on any atom is 0.332 e. The first kappa shape index (κ1) is 24.7. The van der Waals surface area contributed by atoms with Crippen LogP contribution in [0.15, 0.2) is 48.5 Å². The third-order valence-corrected chi connectivity index (χ3v) is 5.10. The molecule has 1 heterocycles. The summed E-state index contributed by atoms with van der Waals surface area (Å²) in [6.45, 7) is 5.65. The van der Waals surface area contributed by atoms with E-state index in [1.54, 1.807) is 6.92 Å². The topological polar surface area (TPSA) is 81.7 Å². The number of esters is 1. The van der Waals surface area contributed by atoms with Crippen LogP contribution < -0.4 is 18.9 Å². The summed E-state index contributed by atoms with van der Waals surface area (Å²) < 4.78 is 40.6. The Morgan fingerprint density at radius 1 is 0.788 bits per heavy atom. The Balaban J connectivity index is 1.84. The Hall–Kier alpha value is -2.97. The van der Waals surface area contributed by atoms with Gasteiger partial charge in [0.05, 0.1) is 19.8 Å². The van der Waals surface area contributed by atoms with Crippen LogP contribution in [0.5, 0.6) is 23.0 Å². The number of carbonyl (C=O) groups excluding carboxylic acids is 1. The van der Waals surface area contributed by atoms with Gasteiger partial charge in [-0.1, -0.05) is 31.2 Å². The number of carbonyl (C=O) groups is 1. The number of benzene rings is 2. The van der Waals surface area contributed by atoms with E-state index in [1.165, 1.54) is 0 Å². The van der Waals surface area contributed by atoms with Gasteiger partial charge in [0.1, 0.15) is 38.6 Å². The first-order valence-corrected chi connectivity index (χ1v) is 11.2. The molecule has 0 saturated heterocycles. The summed E-state index contributed by atoms with van der Waals surface area (Å²) in [5.41, 5.74) is -0.910. The SMILES string of the molecule is CCOC(=O)COC1(CC)COc2ccccc2OCCOCCOc2ccccc2OC1. The van der Waals surface area contributed by atoms with Crippen molar-refractivity contribution in [3.05, 3.63) is 48.5 Å². The molecule has 0 atom stereocenters. The molecule has 1 aliphatic heterocycles. The Morgan fingerprint density at radius 3 is 1.73 bits per heavy atom. The van der Waals surface area contributed by atoms with Crippen LogP contribution in [0.25, 0.3) is 0 Å². The molecule has 0 aromatic heterocycles. The molecule has 8 nitrogen and oxygen atoms in total. The fraction of sp³-hybridized carbons (Fsp3) is 0.480. The van der Waals surface area contributed by atoms with Gasteiger partial charge < -0.3 is 33.2 Å². The quantitative estimate of drug-likeness (QED) is 0.626. The highest BCUT2D eigenvalue weighted by Crippen LogP contribution is 2.31. The molecule has 0 aliphatic carbocycles. The van der Waals surface area contributed by atoms with Crippen LogP contribution >= 0.6 is 0 Å². The predicted molar refractivity (Wildman–Crippen MR) is 121 cm³/mol. The summed E-state index contributed by atoms with van der Waals surface area (Å²) in [7, 11) is 0. The molecule has 0 unspecified atom stereocenters. The number of ether oxygens (including phenoxy) is 7. The van der Waals surface area contributed by atoms with Crippen molar-refractivity contribution < 1.29 is 38.0 Å². The van der Waals surface area contributed by atoms with Crippen molar-refractivity contribution in [2.24, 2.45) is 0 Å². The van der Waals surface area contributed by atoms with E-state index in [-0.39, 0.29) is 26.4 Å². The van der Waals surface area contributed by atoms with Gasteiger partial charge in [-0.25, -0.2) is 4.79 Å². The van der Waals surface area contributed by atoms with Crippen LogP contribution in [0.4, 0.5) is 0 Å². The molecule has 0 spiro atoms. The normalized spacial score (nSPS) is 16.5. The van der Waals surface area contributed by atoms with Gasteiger partial charge >= 0.3 is 5.97 Å². The molecule has 180 valence electrons. The minimum Gasteiger partial charge on any atom is -0.487 e. The van der Waals surface area contributed by atoms with E-state index in [9.17, 15) is 4.79 Å². The lowest BCUT2D eigenvalue weighted by molar-refractivity contribution is -0.161. The summed E-state index contributed by atoms with van der Waals surface area (Å²) in [4.78, 5) is 12.0. The van der Waals surface area contributed by atoms with E-state index >= 15 is 0 Å². The van der Waals surface area contributed by atoms with E-state index in [1.807, 2.05) is 55.5 Å². The average molecular weight is 461 g/mol. The number of fused-ring (bicyclic) bond motifs is 2. The molecule has 3 rings (SSSR count). The zero-order valence-electron chi connectivity index (χ0n) is 19.2. The van der Waals surface area contributed by atoms with E-state index < -0.39 is 11.6 Å². The molecule has 0 fully saturated rings. The number of para-hydroxylation sites is 4. The highest BCUT2D eigenvalue weighted by molar-refractivity contribution is 5.70. The van der Waals surface area contributed by atoms with E-state index in [4.69, 9.17) is 33.2 Å². The lowest BCUT2D eigenvalue weighted by Crippen LogP contribution is -2.45. The van der Waals surface area contributed by atoms with E-state index in [0.29, 0.717) is 55.8 Å². The zero-order chi connectivity index (χ0) is 23.4. The van der Waals surface area contributed by atoms with Crippen molar-refractivity contribution in [2.75, 3.05) is 52.9 Å². The van der Waals surface area contributed by atoms with Crippen molar-refractivity contribution in [2.45, 2.75) is 25.9 Å². The highest BCUT2D eigenvalue weighted by atomic mass is 16.6. The minimum atomic E-state index is -0.910. The summed E-state index contributed by atoms with van der Waals surface area (Å²) in [5, 5.41) is 0. The first-order valence-electron chi connectivity index (χ1n) is 11.2. The molecule has 2 aromatic carbocycles. The van der Waals surface area contributed by atoms with Crippen molar-refractivity contribution in [1.82, 2.24) is 0 Å². The summed E-state index contributed by atoms with van der Waals surface area (Å²) in [5.74, 6) is 1.92. The van der Waals surface area contributed by atoms with Crippen molar-refractivity contribution in [1.29, 1.82) is 0 Å². The van der Waals surface area contributed by atoms with Crippen molar-refractivity contribution in [3.63, 3.8) is 0 Å². The number of rotatable bonds is 5. The summed E-state index contributed by atoms with van der Waals surface area (Å²) >= 11 is 0. The zero-order valence-corrected chi connectivity index (χ0v) is 19.2. The Labute approximate surface area is 194 Å². The van der Waals surface area contributed by atoms with Crippen LogP contribution in [0.3, 0.4) is 0 Å². The molecular formula is C25H32O8. The molecule has 0 radical (unpaired) electrons. The Kier molecular flexibility index (Phi) is 9.65. The molecule has 1 aliphatic rings. The second kappa shape index (κ2) is 12.9. The van der Waals surface area contributed by atoms with E-state index in [0.717, 1.165) is 0 Å².